The van der Waals surface area contributed by atoms with Gasteiger partial charge in [-0.2, -0.15) is 13.2 Å². The highest BCUT2D eigenvalue weighted by atomic mass is 32.2. The lowest BCUT2D eigenvalue weighted by Crippen LogP contribution is -2.52. The normalized spacial score (nSPS) is 17.3. The maximum atomic E-state index is 14.7. The van der Waals surface area contributed by atoms with E-state index in [0.717, 1.165) is 31.0 Å². The maximum Gasteiger partial charge on any atom is 0.419 e. The van der Waals surface area contributed by atoms with Gasteiger partial charge in [-0.25, -0.2) is 28.3 Å². The number of piperazine rings is 1. The number of carbonyl (C=O) groups excluding carboxylic acids is 1. The lowest BCUT2D eigenvalue weighted by atomic mass is 9.91. The molecule has 4 rings (SSSR count). The number of nitrogens with zero attached hydrogens (tertiary/aromatic N) is 4. The molecule has 2 unspecified atom stereocenters. The number of aromatic nitrogens is 2. The number of halogens is 4. The number of alkyl halides is 3. The molecule has 10 nitrogen and oxygen atoms in total. The fourth-order valence-electron chi connectivity index (χ4n) is 4.90. The number of anilines is 2. The Bertz CT molecular complexity index is 1250. The molecular weight excluding hydrogens is 614 g/mol. The molecular formula is C30H47F4N7O3S. The van der Waals surface area contributed by atoms with E-state index in [0.29, 0.717) is 19.3 Å². The summed E-state index contributed by atoms with van der Waals surface area (Å²) >= 11 is 0. The topological polar surface area (TPSA) is 112 Å². The number of aryl methyl sites for hydroxylation is 1. The third-order valence-electron chi connectivity index (χ3n) is 7.96. The smallest absolute Gasteiger partial charge is 0.419 e. The number of methoxy groups -OCH3 is 1. The zero-order valence-corrected chi connectivity index (χ0v) is 28.0. The number of hydrogen-bond donors (Lipinski definition) is 3. The molecule has 1 amide bonds. The molecule has 2 fully saturated rings. The summed E-state index contributed by atoms with van der Waals surface area (Å²) in [4.78, 5) is 22.0. The molecule has 0 bridgehead atoms. The lowest BCUT2D eigenvalue weighted by Gasteiger charge is -2.32. The number of carbonyl (C=O) groups is 1. The first-order valence-corrected chi connectivity index (χ1v) is 16.6. The van der Waals surface area contributed by atoms with Gasteiger partial charge in [0.15, 0.2) is 0 Å². The number of hydrogen-bond acceptors (Lipinski definition) is 8. The predicted molar refractivity (Wildman–Crippen MR) is 169 cm³/mol. The van der Waals surface area contributed by atoms with Gasteiger partial charge >= 0.3 is 6.18 Å². The van der Waals surface area contributed by atoms with Gasteiger partial charge in [0.25, 0.3) is 5.91 Å². The molecule has 45 heavy (non-hydrogen) atoms. The number of rotatable bonds is 8. The Kier molecular flexibility index (Phi) is 15.6. The molecule has 1 aromatic carbocycles. The summed E-state index contributed by atoms with van der Waals surface area (Å²) in [6.07, 6.45) is 5.04. The zero-order chi connectivity index (χ0) is 33.7. The van der Waals surface area contributed by atoms with Crippen molar-refractivity contribution in [1.29, 1.82) is 0 Å². The van der Waals surface area contributed by atoms with Crippen LogP contribution in [-0.4, -0.2) is 83.6 Å². The van der Waals surface area contributed by atoms with Crippen LogP contribution in [0.15, 0.2) is 18.3 Å². The molecule has 2 atom stereocenters. The number of amides is 1. The second kappa shape index (κ2) is 18.3. The molecule has 2 aliphatic rings. The van der Waals surface area contributed by atoms with E-state index in [9.17, 15) is 26.6 Å². The number of likely N-dealkylation sites (N-methyl/N-ethyl adjacent to an activating group) is 1. The highest BCUT2D eigenvalue weighted by Gasteiger charge is 2.33. The van der Waals surface area contributed by atoms with Crippen molar-refractivity contribution in [1.82, 2.24) is 30.0 Å². The van der Waals surface area contributed by atoms with Crippen LogP contribution >= 0.6 is 0 Å². The van der Waals surface area contributed by atoms with Gasteiger partial charge in [0.05, 0.1) is 40.6 Å². The molecule has 1 aliphatic carbocycles. The Morgan fingerprint density at radius 1 is 1.18 bits per heavy atom. The highest BCUT2D eigenvalue weighted by molar-refractivity contribution is 7.82. The number of ether oxygens (including phenoxy) is 1. The fraction of sp³-hybridized carbons (Fsp3) is 0.633. The first-order chi connectivity index (χ1) is 21.2. The molecule has 2 heterocycles. The third kappa shape index (κ3) is 12.4. The van der Waals surface area contributed by atoms with Crippen LogP contribution in [0.4, 0.5) is 29.2 Å². The third-order valence-corrected chi connectivity index (χ3v) is 8.54. The Morgan fingerprint density at radius 3 is 2.27 bits per heavy atom. The van der Waals surface area contributed by atoms with Crippen molar-refractivity contribution >= 4 is 28.5 Å². The Balaban J connectivity index is 0.000000415. The minimum absolute atomic E-state index is 0.0651. The summed E-state index contributed by atoms with van der Waals surface area (Å²) in [6, 6.07) is 2.22. The van der Waals surface area contributed by atoms with E-state index in [1.807, 2.05) is 7.05 Å². The van der Waals surface area contributed by atoms with E-state index in [4.69, 9.17) is 4.74 Å². The summed E-state index contributed by atoms with van der Waals surface area (Å²) in [5, 5.41) is 4.34. The second-order valence-electron chi connectivity index (χ2n) is 11.2. The van der Waals surface area contributed by atoms with Crippen LogP contribution in [0.5, 0.6) is 5.75 Å². The monoisotopic (exact) mass is 661 g/mol. The average molecular weight is 662 g/mol. The molecule has 1 aromatic heterocycles. The molecule has 1 saturated carbocycles. The van der Waals surface area contributed by atoms with Gasteiger partial charge in [-0.1, -0.05) is 46.0 Å². The van der Waals surface area contributed by atoms with Crippen LogP contribution in [0, 0.1) is 24.6 Å². The lowest BCUT2D eigenvalue weighted by molar-refractivity contribution is -0.138. The van der Waals surface area contributed by atoms with Crippen molar-refractivity contribution < 1.29 is 31.3 Å². The van der Waals surface area contributed by atoms with Crippen molar-refractivity contribution in [3.05, 3.63) is 41.0 Å². The van der Waals surface area contributed by atoms with E-state index in [2.05, 4.69) is 44.2 Å². The zero-order valence-electron chi connectivity index (χ0n) is 27.2. The van der Waals surface area contributed by atoms with Crippen molar-refractivity contribution in [3.63, 3.8) is 0 Å². The SMILES string of the molecule is CCC(C)C1CCCC1.CNS(C)=O.COc1cc(C(=O)NN2CCN(C)CC2)c(F)cc1Nc1ncc(C(F)(F)F)c(C)n1. The molecule has 3 N–H and O–H groups in total. The first kappa shape index (κ1) is 38.3. The van der Waals surface area contributed by atoms with Gasteiger partial charge in [-0.3, -0.25) is 10.2 Å². The summed E-state index contributed by atoms with van der Waals surface area (Å²) in [5.74, 6) is 0.540. The van der Waals surface area contributed by atoms with Gasteiger partial charge in [0.1, 0.15) is 11.6 Å². The molecule has 0 radical (unpaired) electrons. The minimum atomic E-state index is -4.58. The van der Waals surface area contributed by atoms with Crippen molar-refractivity contribution in [2.24, 2.45) is 11.8 Å². The number of nitrogens with one attached hydrogen (secondary N) is 3. The summed E-state index contributed by atoms with van der Waals surface area (Å²) in [7, 11) is 4.11. The van der Waals surface area contributed by atoms with Crippen molar-refractivity contribution in [3.8, 4) is 5.75 Å². The quantitative estimate of drug-likeness (QED) is 0.327. The van der Waals surface area contributed by atoms with Crippen molar-refractivity contribution in [2.45, 2.75) is 59.1 Å². The van der Waals surface area contributed by atoms with Gasteiger partial charge in [-0.05, 0) is 38.9 Å². The van der Waals surface area contributed by atoms with Crippen LogP contribution in [0.1, 0.15) is 67.6 Å². The van der Waals surface area contributed by atoms with Crippen LogP contribution in [0.2, 0.25) is 0 Å². The van der Waals surface area contributed by atoms with Crippen LogP contribution in [0.3, 0.4) is 0 Å². The molecule has 254 valence electrons. The first-order valence-electron chi connectivity index (χ1n) is 15.0. The number of hydrazine groups is 1. The Labute approximate surface area is 266 Å². The van der Waals surface area contributed by atoms with E-state index in [1.54, 1.807) is 18.3 Å². The Morgan fingerprint density at radius 2 is 1.78 bits per heavy atom. The van der Waals surface area contributed by atoms with Crippen LogP contribution in [0.25, 0.3) is 0 Å². The number of benzene rings is 1. The molecule has 1 aliphatic heterocycles. The molecule has 1 saturated heterocycles. The second-order valence-corrected chi connectivity index (χ2v) is 12.5. The summed E-state index contributed by atoms with van der Waals surface area (Å²) in [6.45, 7) is 8.64. The van der Waals surface area contributed by atoms with Crippen molar-refractivity contribution in [2.75, 3.05) is 59.0 Å². The van der Waals surface area contributed by atoms with E-state index >= 15 is 0 Å². The fourth-order valence-corrected chi connectivity index (χ4v) is 4.90. The predicted octanol–water partition coefficient (Wildman–Crippen LogP) is 5.31. The molecule has 0 spiro atoms. The minimum Gasteiger partial charge on any atom is -0.495 e. The van der Waals surface area contributed by atoms with E-state index in [-0.39, 0.29) is 28.6 Å². The standard InChI is InChI=1S/C19H22F4N6O2.C9H18.C2H7NOS/c1-11-13(19(21,22)23)10-24-18(25-11)26-15-9-14(20)12(8-16(15)31-3)17(30)27-29-6-4-28(2)5-7-29;1-3-8(2)9-6-4-5-7-9;1-3-5(2)4/h8-10H,4-7H2,1-3H3,(H,27,30)(H,24,25,26);8-9H,3-7H2,1-2H3;3H,1-2H3. The molecule has 2 aromatic rings. The van der Waals surface area contributed by atoms with Gasteiger partial charge in [-0.15, -0.1) is 0 Å². The van der Waals surface area contributed by atoms with E-state index < -0.39 is 34.4 Å². The summed E-state index contributed by atoms with van der Waals surface area (Å²) < 4.78 is 70.8. The van der Waals surface area contributed by atoms with Gasteiger partial charge in [0.2, 0.25) is 5.95 Å². The highest BCUT2D eigenvalue weighted by Crippen LogP contribution is 2.34. The van der Waals surface area contributed by atoms with Crippen LogP contribution < -0.4 is 20.2 Å². The average Bonchev–Trinajstić information content (AvgIpc) is 3.53. The summed E-state index contributed by atoms with van der Waals surface area (Å²) in [5.41, 5.74) is 1.25. The van der Waals surface area contributed by atoms with Gasteiger partial charge in [0, 0.05) is 44.7 Å². The molecule has 15 heteroatoms. The maximum absolute atomic E-state index is 14.7. The largest absolute Gasteiger partial charge is 0.495 e. The van der Waals surface area contributed by atoms with Crippen LogP contribution in [-0.2, 0) is 17.2 Å². The van der Waals surface area contributed by atoms with E-state index in [1.165, 1.54) is 52.2 Å². The Hall–Kier alpha value is -2.88. The van der Waals surface area contributed by atoms with Gasteiger partial charge < -0.3 is 15.0 Å².